The van der Waals surface area contributed by atoms with Crippen LogP contribution >= 0.6 is 0 Å². The summed E-state index contributed by atoms with van der Waals surface area (Å²) in [5.74, 6) is -1.36. The van der Waals surface area contributed by atoms with Crippen molar-refractivity contribution in [2.24, 2.45) is 0 Å². The molecule has 1 fully saturated rings. The Hall–Kier alpha value is -5.25. The molecule has 4 amide bonds. The van der Waals surface area contributed by atoms with Gasteiger partial charge in [-0.05, 0) is 80.0 Å². The van der Waals surface area contributed by atoms with E-state index in [2.05, 4.69) is 31.3 Å². The first kappa shape index (κ1) is 37.5. The first-order chi connectivity index (χ1) is 25.8. The van der Waals surface area contributed by atoms with Crippen LogP contribution in [0.4, 0.5) is 5.69 Å². The van der Waals surface area contributed by atoms with Gasteiger partial charge in [0, 0.05) is 57.1 Å². The number of hydrogen-bond donors (Lipinski definition) is 1. The van der Waals surface area contributed by atoms with Gasteiger partial charge in [-0.2, -0.15) is 5.10 Å². The average Bonchev–Trinajstić information content (AvgIpc) is 3.87. The zero-order valence-electron chi connectivity index (χ0n) is 31.4. The summed E-state index contributed by atoms with van der Waals surface area (Å²) in [5.41, 5.74) is 5.49. The molecule has 1 unspecified atom stereocenters. The Morgan fingerprint density at radius 3 is 2.19 bits per heavy atom. The highest BCUT2D eigenvalue weighted by Crippen LogP contribution is 2.29. The fourth-order valence-corrected chi connectivity index (χ4v) is 7.35. The van der Waals surface area contributed by atoms with Crippen molar-refractivity contribution in [1.29, 1.82) is 0 Å². The van der Waals surface area contributed by atoms with Crippen LogP contribution in [0.15, 0.2) is 78.9 Å². The molecular weight excluding hydrogens is 665 g/mol. The lowest BCUT2D eigenvalue weighted by Gasteiger charge is -2.29. The lowest BCUT2D eigenvalue weighted by molar-refractivity contribution is -0.132. The number of benzene rings is 3. The van der Waals surface area contributed by atoms with E-state index in [1.54, 1.807) is 28.9 Å². The fourth-order valence-electron chi connectivity index (χ4n) is 7.35. The lowest BCUT2D eigenvalue weighted by atomic mass is 9.94. The molecule has 0 saturated carbocycles. The summed E-state index contributed by atoms with van der Waals surface area (Å²) >= 11 is 0. The molecule has 1 N–H and O–H groups in total. The van der Waals surface area contributed by atoms with Crippen molar-refractivity contribution in [3.63, 3.8) is 0 Å². The topological polar surface area (TPSA) is 108 Å². The molecule has 10 nitrogen and oxygen atoms in total. The van der Waals surface area contributed by atoms with E-state index in [0.717, 1.165) is 61.8 Å². The van der Waals surface area contributed by atoms with Gasteiger partial charge in [0.25, 0.3) is 11.8 Å². The summed E-state index contributed by atoms with van der Waals surface area (Å²) < 4.78 is 1.67. The van der Waals surface area contributed by atoms with Crippen molar-refractivity contribution < 1.29 is 19.2 Å². The Balaban J connectivity index is 1.33. The average molecular weight is 717 g/mol. The number of anilines is 1. The molecule has 4 aromatic rings. The fraction of sp³-hybridized carbons (Fsp3) is 0.419. The number of carbonyl (C=O) groups is 4. The van der Waals surface area contributed by atoms with E-state index in [9.17, 15) is 19.2 Å². The van der Waals surface area contributed by atoms with Gasteiger partial charge in [-0.1, -0.05) is 81.3 Å². The second kappa shape index (κ2) is 17.5. The van der Waals surface area contributed by atoms with E-state index < -0.39 is 5.92 Å². The normalized spacial score (nSPS) is 14.5. The highest BCUT2D eigenvalue weighted by Gasteiger charge is 2.30. The number of amides is 4. The predicted octanol–water partition coefficient (Wildman–Crippen LogP) is 7.16. The number of aromatic nitrogens is 2. The minimum atomic E-state index is -0.702. The smallest absolute Gasteiger partial charge is 0.274 e. The minimum absolute atomic E-state index is 0.0365. The predicted molar refractivity (Wildman–Crippen MR) is 207 cm³/mol. The number of carbonyl (C=O) groups excluding carboxylic acids is 4. The van der Waals surface area contributed by atoms with Crippen LogP contribution in [-0.2, 0) is 22.6 Å². The van der Waals surface area contributed by atoms with Crippen molar-refractivity contribution >= 4 is 29.3 Å². The van der Waals surface area contributed by atoms with Gasteiger partial charge in [-0.15, -0.1) is 0 Å². The summed E-state index contributed by atoms with van der Waals surface area (Å²) in [6, 6.07) is 24.6. The number of rotatable bonds is 14. The molecule has 0 spiro atoms. The number of nitrogens with one attached hydrogen (secondary N) is 1. The van der Waals surface area contributed by atoms with E-state index in [4.69, 9.17) is 5.10 Å². The van der Waals surface area contributed by atoms with Gasteiger partial charge in [0.1, 0.15) is 0 Å². The Morgan fingerprint density at radius 2 is 1.49 bits per heavy atom. The van der Waals surface area contributed by atoms with Crippen molar-refractivity contribution in [1.82, 2.24) is 24.5 Å². The maximum absolute atomic E-state index is 14.5. The summed E-state index contributed by atoms with van der Waals surface area (Å²) in [5, 5.41) is 7.85. The van der Waals surface area contributed by atoms with Crippen LogP contribution in [0.1, 0.15) is 108 Å². The van der Waals surface area contributed by atoms with Crippen LogP contribution in [0.25, 0.3) is 5.69 Å². The van der Waals surface area contributed by atoms with Gasteiger partial charge in [0.05, 0.1) is 17.2 Å². The van der Waals surface area contributed by atoms with Crippen LogP contribution < -0.4 is 5.32 Å². The monoisotopic (exact) mass is 716 g/mol. The molecule has 1 saturated heterocycles. The van der Waals surface area contributed by atoms with E-state index in [1.165, 1.54) is 5.56 Å². The second-order valence-corrected chi connectivity index (χ2v) is 14.3. The molecule has 0 bridgehead atoms. The molecule has 3 aromatic carbocycles. The Bertz CT molecular complexity index is 1910. The van der Waals surface area contributed by atoms with Crippen molar-refractivity contribution in [3.05, 3.63) is 113 Å². The Labute approximate surface area is 313 Å². The first-order valence-electron chi connectivity index (χ1n) is 19.3. The number of likely N-dealkylation sites (tertiary alicyclic amines) is 1. The van der Waals surface area contributed by atoms with Gasteiger partial charge in [-0.3, -0.25) is 19.2 Å². The quantitative estimate of drug-likeness (QED) is 0.149. The molecule has 2 aliphatic heterocycles. The van der Waals surface area contributed by atoms with Crippen molar-refractivity contribution in [3.8, 4) is 5.69 Å². The van der Waals surface area contributed by atoms with E-state index in [0.29, 0.717) is 61.9 Å². The van der Waals surface area contributed by atoms with E-state index in [-0.39, 0.29) is 30.0 Å². The third kappa shape index (κ3) is 8.87. The summed E-state index contributed by atoms with van der Waals surface area (Å²) in [4.78, 5) is 61.2. The van der Waals surface area contributed by atoms with E-state index in [1.807, 2.05) is 64.1 Å². The van der Waals surface area contributed by atoms with Crippen molar-refractivity contribution in [2.75, 3.05) is 38.0 Å². The Morgan fingerprint density at radius 1 is 0.811 bits per heavy atom. The molecule has 3 heterocycles. The molecule has 10 heteroatoms. The summed E-state index contributed by atoms with van der Waals surface area (Å²) in [6.07, 6.45) is 6.54. The van der Waals surface area contributed by atoms with Gasteiger partial charge < -0.3 is 20.0 Å². The third-order valence-electron chi connectivity index (χ3n) is 10.5. The van der Waals surface area contributed by atoms with Crippen LogP contribution in [0, 0.1) is 6.92 Å². The van der Waals surface area contributed by atoms with Crippen LogP contribution in [0.2, 0.25) is 0 Å². The summed E-state index contributed by atoms with van der Waals surface area (Å²) in [7, 11) is 0. The number of unbranched alkanes of at least 4 members (excludes halogenated alkanes) is 2. The minimum Gasteiger partial charge on any atom is -0.343 e. The molecule has 53 heavy (non-hydrogen) atoms. The SMILES string of the molecule is CCCCN(CCCC)C(=O)c1cc(C)n(-c2ccc(NC(=O)C(CC(=O)N3CCCC3)c3ccccc3)cc2C(=O)N2CCc3ccccc3C2)n1. The summed E-state index contributed by atoms with van der Waals surface area (Å²) in [6.45, 7) is 9.89. The molecule has 0 radical (unpaired) electrons. The van der Waals surface area contributed by atoms with E-state index >= 15 is 0 Å². The number of fused-ring (bicyclic) bond motifs is 1. The van der Waals surface area contributed by atoms with Gasteiger partial charge in [-0.25, -0.2) is 4.68 Å². The highest BCUT2D eigenvalue weighted by molar-refractivity contribution is 6.02. The molecule has 278 valence electrons. The largest absolute Gasteiger partial charge is 0.343 e. The number of nitrogens with zero attached hydrogens (tertiary/aromatic N) is 5. The van der Waals surface area contributed by atoms with Crippen LogP contribution in [-0.4, -0.2) is 80.8 Å². The zero-order valence-corrected chi connectivity index (χ0v) is 31.4. The third-order valence-corrected chi connectivity index (χ3v) is 10.5. The Kier molecular flexibility index (Phi) is 12.4. The van der Waals surface area contributed by atoms with Crippen LogP contribution in [0.3, 0.4) is 0 Å². The molecule has 1 atom stereocenters. The maximum atomic E-state index is 14.5. The highest BCUT2D eigenvalue weighted by atomic mass is 16.2. The lowest BCUT2D eigenvalue weighted by Crippen LogP contribution is -2.36. The van der Waals surface area contributed by atoms with Gasteiger partial charge in [0.2, 0.25) is 11.8 Å². The molecule has 6 rings (SSSR count). The molecular formula is C43H52N6O4. The molecule has 0 aliphatic carbocycles. The molecule has 2 aliphatic rings. The standard InChI is InChI=1S/C43H52N6O4/c1-4-6-22-47(23-7-5-2)43(53)38-27-31(3)49(45-38)39-20-19-35(28-37(39)42(52)48-26-21-32-15-11-12-18-34(32)30-48)44-41(51)36(33-16-9-8-10-17-33)29-40(50)46-24-13-14-25-46/h8-12,15-20,27-28,36H,4-7,13-14,21-26,29-30H2,1-3H3,(H,44,51). The van der Waals surface area contributed by atoms with Gasteiger partial charge in [0.15, 0.2) is 5.69 Å². The van der Waals surface area contributed by atoms with Crippen molar-refractivity contribution in [2.45, 2.75) is 84.6 Å². The second-order valence-electron chi connectivity index (χ2n) is 14.3. The maximum Gasteiger partial charge on any atom is 0.274 e. The number of hydrogen-bond acceptors (Lipinski definition) is 5. The first-order valence-corrected chi connectivity index (χ1v) is 19.3. The zero-order chi connectivity index (χ0) is 37.3. The molecule has 1 aromatic heterocycles. The van der Waals surface area contributed by atoms with Gasteiger partial charge >= 0.3 is 0 Å². The van der Waals surface area contributed by atoms with Crippen LogP contribution in [0.5, 0.6) is 0 Å². The number of aryl methyl sites for hydroxylation is 1.